The number of amides is 2. The van der Waals surface area contributed by atoms with Crippen molar-refractivity contribution in [2.24, 2.45) is 5.10 Å². The smallest absolute Gasteiger partial charge is 0.343 e. The van der Waals surface area contributed by atoms with Crippen LogP contribution in [-0.4, -0.2) is 28.4 Å². The molecule has 2 amide bonds. The molecule has 3 aromatic rings. The van der Waals surface area contributed by atoms with Gasteiger partial charge < -0.3 is 10.1 Å². The van der Waals surface area contributed by atoms with Crippen LogP contribution in [0.2, 0.25) is 0 Å². The van der Waals surface area contributed by atoms with E-state index in [-0.39, 0.29) is 23.5 Å². The van der Waals surface area contributed by atoms with Gasteiger partial charge in [-0.25, -0.2) is 10.2 Å². The van der Waals surface area contributed by atoms with Crippen LogP contribution in [0.4, 0.5) is 5.69 Å². The average Bonchev–Trinajstić information content (AvgIpc) is 2.86. The van der Waals surface area contributed by atoms with Gasteiger partial charge in [0.2, 0.25) is 0 Å². The Morgan fingerprint density at radius 1 is 0.882 bits per heavy atom. The van der Waals surface area contributed by atoms with E-state index < -0.39 is 22.7 Å². The van der Waals surface area contributed by atoms with Crippen LogP contribution in [0.15, 0.2) is 84.0 Å². The first-order valence-corrected chi connectivity index (χ1v) is 10.1. The minimum atomic E-state index is -0.899. The summed E-state index contributed by atoms with van der Waals surface area (Å²) in [5, 5.41) is 17.1. The molecule has 0 bridgehead atoms. The third kappa shape index (κ3) is 6.57. The van der Waals surface area contributed by atoms with E-state index in [4.69, 9.17) is 4.74 Å². The minimum Gasteiger partial charge on any atom is -0.423 e. The number of ether oxygens (including phenoxy) is 1. The predicted molar refractivity (Wildman–Crippen MR) is 123 cm³/mol. The van der Waals surface area contributed by atoms with Gasteiger partial charge in [-0.15, -0.1) is 0 Å². The fourth-order valence-electron chi connectivity index (χ4n) is 2.76. The van der Waals surface area contributed by atoms with Crippen molar-refractivity contribution in [3.8, 4) is 5.75 Å². The molecule has 0 saturated heterocycles. The highest BCUT2D eigenvalue weighted by atomic mass is 16.6. The lowest BCUT2D eigenvalue weighted by Gasteiger charge is -2.07. The molecule has 0 saturated carbocycles. The number of nitro groups is 1. The Labute approximate surface area is 194 Å². The van der Waals surface area contributed by atoms with Crippen molar-refractivity contribution in [2.75, 3.05) is 0 Å². The Balaban J connectivity index is 1.52. The summed E-state index contributed by atoms with van der Waals surface area (Å²) >= 11 is 0. The Morgan fingerprint density at radius 3 is 2.12 bits per heavy atom. The number of carbonyl (C=O) groups is 3. The second-order valence-electron chi connectivity index (χ2n) is 7.02. The molecule has 34 heavy (non-hydrogen) atoms. The maximum Gasteiger partial charge on any atom is 0.343 e. The number of nitro benzene ring substituents is 1. The van der Waals surface area contributed by atoms with Crippen molar-refractivity contribution in [2.45, 2.75) is 13.5 Å². The highest BCUT2D eigenvalue weighted by Crippen LogP contribution is 2.17. The van der Waals surface area contributed by atoms with Gasteiger partial charge in [0, 0.05) is 18.7 Å². The zero-order valence-electron chi connectivity index (χ0n) is 18.1. The molecule has 0 spiro atoms. The van der Waals surface area contributed by atoms with Crippen molar-refractivity contribution >= 4 is 29.2 Å². The summed E-state index contributed by atoms with van der Waals surface area (Å²) in [4.78, 5) is 46.2. The number of hydrazone groups is 1. The summed E-state index contributed by atoms with van der Waals surface area (Å²) in [5.41, 5.74) is 4.15. The van der Waals surface area contributed by atoms with Crippen LogP contribution < -0.4 is 15.5 Å². The van der Waals surface area contributed by atoms with Crippen molar-refractivity contribution in [1.29, 1.82) is 0 Å². The van der Waals surface area contributed by atoms with Gasteiger partial charge in [0.15, 0.2) is 0 Å². The Kier molecular flexibility index (Phi) is 7.79. The van der Waals surface area contributed by atoms with Crippen molar-refractivity contribution in [3.63, 3.8) is 0 Å². The number of rotatable bonds is 7. The standard InChI is InChI=1S/C24H20N4O6/c1-16(26-27-23(30)22(29)25-15-17-5-3-2-4-6-17)18-9-13-21(14-10-18)34-24(31)19-7-11-20(12-8-19)28(32)33/h2-14H,15H2,1H3,(H,25,29)(H,27,30). The normalized spacial score (nSPS) is 10.8. The van der Waals surface area contributed by atoms with E-state index in [1.807, 2.05) is 30.3 Å². The van der Waals surface area contributed by atoms with Crippen LogP contribution in [-0.2, 0) is 16.1 Å². The summed E-state index contributed by atoms with van der Waals surface area (Å²) in [7, 11) is 0. The fourth-order valence-corrected chi connectivity index (χ4v) is 2.76. The van der Waals surface area contributed by atoms with Crippen molar-refractivity contribution in [3.05, 3.63) is 106 Å². The van der Waals surface area contributed by atoms with Gasteiger partial charge in [0.1, 0.15) is 5.75 Å². The Morgan fingerprint density at radius 2 is 1.50 bits per heavy atom. The van der Waals surface area contributed by atoms with Gasteiger partial charge >= 0.3 is 17.8 Å². The molecule has 0 radical (unpaired) electrons. The largest absolute Gasteiger partial charge is 0.423 e. The Bertz CT molecular complexity index is 1220. The van der Waals surface area contributed by atoms with E-state index >= 15 is 0 Å². The third-order valence-corrected chi connectivity index (χ3v) is 4.62. The molecule has 10 heteroatoms. The molecule has 0 fully saturated rings. The molecule has 172 valence electrons. The van der Waals surface area contributed by atoms with E-state index in [2.05, 4.69) is 15.8 Å². The highest BCUT2D eigenvalue weighted by Gasteiger charge is 2.13. The molecule has 2 N–H and O–H groups in total. The topological polar surface area (TPSA) is 140 Å². The first-order chi connectivity index (χ1) is 16.3. The average molecular weight is 460 g/mol. The van der Waals surface area contributed by atoms with Crippen molar-refractivity contribution < 1.29 is 24.0 Å². The summed E-state index contributed by atoms with van der Waals surface area (Å²) in [6.07, 6.45) is 0. The lowest BCUT2D eigenvalue weighted by molar-refractivity contribution is -0.384. The van der Waals surface area contributed by atoms with E-state index in [9.17, 15) is 24.5 Å². The lowest BCUT2D eigenvalue weighted by atomic mass is 10.1. The number of nitrogens with one attached hydrogen (secondary N) is 2. The molecule has 0 heterocycles. The van der Waals surface area contributed by atoms with E-state index in [1.54, 1.807) is 19.1 Å². The molecule has 0 aliphatic carbocycles. The predicted octanol–water partition coefficient (Wildman–Crippen LogP) is 2.97. The molecular weight excluding hydrogens is 440 g/mol. The summed E-state index contributed by atoms with van der Waals surface area (Å²) < 4.78 is 5.26. The quantitative estimate of drug-likeness (QED) is 0.139. The van der Waals surface area contributed by atoms with Gasteiger partial charge in [-0.05, 0) is 54.4 Å². The van der Waals surface area contributed by atoms with Gasteiger partial charge in [-0.1, -0.05) is 30.3 Å². The number of nitrogens with zero attached hydrogens (tertiary/aromatic N) is 2. The molecular formula is C24H20N4O6. The second kappa shape index (κ2) is 11.1. The van der Waals surface area contributed by atoms with Gasteiger partial charge in [0.05, 0.1) is 16.2 Å². The first kappa shape index (κ1) is 23.8. The second-order valence-corrected chi connectivity index (χ2v) is 7.02. The van der Waals surface area contributed by atoms with Crippen LogP contribution >= 0.6 is 0 Å². The zero-order chi connectivity index (χ0) is 24.5. The molecule has 3 aromatic carbocycles. The number of benzene rings is 3. The summed E-state index contributed by atoms with van der Waals surface area (Å²) in [5.74, 6) is -2.12. The monoisotopic (exact) mass is 460 g/mol. The molecule has 0 atom stereocenters. The first-order valence-electron chi connectivity index (χ1n) is 10.1. The molecule has 3 rings (SSSR count). The number of non-ortho nitro benzene ring substituents is 1. The van der Waals surface area contributed by atoms with E-state index in [1.165, 1.54) is 36.4 Å². The SMILES string of the molecule is CC(=NNC(=O)C(=O)NCc1ccccc1)c1ccc(OC(=O)c2ccc([N+](=O)[O-])cc2)cc1. The molecule has 0 aliphatic heterocycles. The van der Waals surface area contributed by atoms with Crippen LogP contribution in [0.25, 0.3) is 0 Å². The minimum absolute atomic E-state index is 0.128. The third-order valence-electron chi connectivity index (χ3n) is 4.62. The number of hydrogen-bond donors (Lipinski definition) is 2. The molecule has 0 aliphatic rings. The number of hydrogen-bond acceptors (Lipinski definition) is 7. The van der Waals surface area contributed by atoms with Crippen molar-refractivity contribution in [1.82, 2.24) is 10.7 Å². The molecule has 10 nitrogen and oxygen atoms in total. The van der Waals surface area contributed by atoms with E-state index in [0.717, 1.165) is 5.56 Å². The summed E-state index contributed by atoms with van der Waals surface area (Å²) in [6, 6.07) is 20.5. The summed E-state index contributed by atoms with van der Waals surface area (Å²) in [6.45, 7) is 1.86. The van der Waals surface area contributed by atoms with Gasteiger partial charge in [-0.2, -0.15) is 5.10 Å². The van der Waals surface area contributed by atoms with E-state index in [0.29, 0.717) is 11.3 Å². The van der Waals surface area contributed by atoms with Crippen LogP contribution in [0.3, 0.4) is 0 Å². The van der Waals surface area contributed by atoms with Gasteiger partial charge in [-0.3, -0.25) is 19.7 Å². The Hall–Kier alpha value is -4.86. The maximum atomic E-state index is 12.2. The highest BCUT2D eigenvalue weighted by molar-refractivity contribution is 6.35. The molecule has 0 aromatic heterocycles. The number of esters is 1. The molecule has 0 unspecified atom stereocenters. The van der Waals surface area contributed by atoms with Crippen LogP contribution in [0, 0.1) is 10.1 Å². The van der Waals surface area contributed by atoms with Gasteiger partial charge in [0.25, 0.3) is 5.69 Å². The number of carbonyl (C=O) groups excluding carboxylic acids is 3. The van der Waals surface area contributed by atoms with Crippen LogP contribution in [0.5, 0.6) is 5.75 Å². The fraction of sp³-hybridized carbons (Fsp3) is 0.0833. The maximum absolute atomic E-state index is 12.2. The zero-order valence-corrected chi connectivity index (χ0v) is 18.1. The lowest BCUT2D eigenvalue weighted by Crippen LogP contribution is -2.37. The van der Waals surface area contributed by atoms with Crippen LogP contribution in [0.1, 0.15) is 28.4 Å².